The fourth-order valence-corrected chi connectivity index (χ4v) is 7.27. The number of amides is 2. The molecule has 4 rings (SSSR count). The third kappa shape index (κ3) is 8.40. The van der Waals surface area contributed by atoms with Crippen molar-refractivity contribution in [2.24, 2.45) is 0 Å². The van der Waals surface area contributed by atoms with Gasteiger partial charge in [-0.2, -0.15) is 4.31 Å². The lowest BCUT2D eigenvalue weighted by Crippen LogP contribution is -2.51. The van der Waals surface area contributed by atoms with Crippen LogP contribution >= 0.6 is 11.8 Å². The lowest BCUT2D eigenvalue weighted by molar-refractivity contribution is -0.136. The smallest absolute Gasteiger partial charge is 0.243 e. The van der Waals surface area contributed by atoms with Crippen LogP contribution in [0, 0.1) is 5.82 Å². The Morgan fingerprint density at radius 2 is 1.61 bits per heavy atom. The largest absolute Gasteiger partial charge is 0.342 e. The van der Waals surface area contributed by atoms with E-state index < -0.39 is 15.8 Å². The molecule has 2 amide bonds. The summed E-state index contributed by atoms with van der Waals surface area (Å²) in [4.78, 5) is 31.3. The number of nitrogens with zero attached hydrogens (tertiary/aromatic N) is 3. The third-order valence-corrected chi connectivity index (χ3v) is 9.95. The van der Waals surface area contributed by atoms with E-state index in [1.807, 2.05) is 42.2 Å². The van der Waals surface area contributed by atoms with E-state index in [0.717, 1.165) is 4.90 Å². The van der Waals surface area contributed by atoms with Crippen LogP contribution in [0.4, 0.5) is 4.39 Å². The Morgan fingerprint density at radius 3 is 2.24 bits per heavy atom. The predicted molar refractivity (Wildman–Crippen MR) is 159 cm³/mol. The SMILES string of the molecule is CCCN(CC(=O)N(Cc1cccc(F)c1)C1CCN(C(=O)CSc2ccccc2)CC1)S(=O)(=O)c1ccccc1. The summed E-state index contributed by atoms with van der Waals surface area (Å²) in [5, 5.41) is 0. The van der Waals surface area contributed by atoms with Crippen molar-refractivity contribution in [1.29, 1.82) is 0 Å². The summed E-state index contributed by atoms with van der Waals surface area (Å²) in [6.45, 7) is 2.89. The van der Waals surface area contributed by atoms with Gasteiger partial charge in [-0.15, -0.1) is 11.8 Å². The minimum absolute atomic E-state index is 0.0448. The Labute approximate surface area is 246 Å². The highest BCUT2D eigenvalue weighted by Gasteiger charge is 2.33. The summed E-state index contributed by atoms with van der Waals surface area (Å²) in [7, 11) is -3.88. The van der Waals surface area contributed by atoms with Gasteiger partial charge < -0.3 is 9.80 Å². The van der Waals surface area contributed by atoms with Crippen molar-refractivity contribution in [3.05, 3.63) is 96.3 Å². The lowest BCUT2D eigenvalue weighted by atomic mass is 10.0. The second-order valence-electron chi connectivity index (χ2n) is 10.0. The van der Waals surface area contributed by atoms with E-state index in [-0.39, 0.29) is 42.4 Å². The maximum atomic E-state index is 14.0. The average molecular weight is 598 g/mol. The molecule has 0 aromatic heterocycles. The highest BCUT2D eigenvalue weighted by molar-refractivity contribution is 8.00. The Kier molecular flexibility index (Phi) is 11.0. The van der Waals surface area contributed by atoms with E-state index in [4.69, 9.17) is 0 Å². The highest BCUT2D eigenvalue weighted by Crippen LogP contribution is 2.24. The van der Waals surface area contributed by atoms with Gasteiger partial charge in [0.05, 0.1) is 17.2 Å². The number of thioether (sulfide) groups is 1. The predicted octanol–water partition coefficient (Wildman–Crippen LogP) is 5.04. The maximum Gasteiger partial charge on any atom is 0.243 e. The minimum atomic E-state index is -3.88. The van der Waals surface area contributed by atoms with E-state index in [2.05, 4.69) is 0 Å². The van der Waals surface area contributed by atoms with Gasteiger partial charge in [0.15, 0.2) is 0 Å². The van der Waals surface area contributed by atoms with Gasteiger partial charge in [0.25, 0.3) is 0 Å². The van der Waals surface area contributed by atoms with Crippen LogP contribution in [0.3, 0.4) is 0 Å². The van der Waals surface area contributed by atoms with Gasteiger partial charge in [0.1, 0.15) is 5.82 Å². The van der Waals surface area contributed by atoms with Gasteiger partial charge in [-0.1, -0.05) is 55.5 Å². The molecule has 0 radical (unpaired) electrons. The van der Waals surface area contributed by atoms with Crippen LogP contribution in [0.25, 0.3) is 0 Å². The van der Waals surface area contributed by atoms with Gasteiger partial charge in [0, 0.05) is 37.1 Å². The van der Waals surface area contributed by atoms with E-state index in [0.29, 0.717) is 43.7 Å². The molecule has 0 aliphatic carbocycles. The normalized spacial score (nSPS) is 14.3. The zero-order valence-corrected chi connectivity index (χ0v) is 24.8. The first-order valence-corrected chi connectivity index (χ1v) is 16.2. The number of halogens is 1. The number of benzene rings is 3. The standard InChI is InChI=1S/C31H36FN3O4S2/c1-2-18-34(41(38,39)29-14-7-4-8-15-29)23-30(36)35(22-25-10-9-11-26(32)21-25)27-16-19-33(20-17-27)31(37)24-40-28-12-5-3-6-13-28/h3-15,21,27H,2,16-20,22-24H2,1H3. The van der Waals surface area contributed by atoms with Crippen LogP contribution in [-0.2, 0) is 26.2 Å². The van der Waals surface area contributed by atoms with Crippen LogP contribution < -0.4 is 0 Å². The van der Waals surface area contributed by atoms with Crippen molar-refractivity contribution >= 4 is 33.6 Å². The van der Waals surface area contributed by atoms with Crippen LogP contribution in [0.15, 0.2) is 94.7 Å². The first-order chi connectivity index (χ1) is 19.8. The molecule has 10 heteroatoms. The molecule has 3 aromatic carbocycles. The van der Waals surface area contributed by atoms with Crippen LogP contribution in [0.1, 0.15) is 31.7 Å². The van der Waals surface area contributed by atoms with Crippen LogP contribution in [0.5, 0.6) is 0 Å². The van der Waals surface area contributed by atoms with Crippen molar-refractivity contribution in [2.75, 3.05) is 31.9 Å². The molecule has 0 bridgehead atoms. The molecule has 7 nitrogen and oxygen atoms in total. The van der Waals surface area contributed by atoms with Gasteiger partial charge in [-0.05, 0) is 61.2 Å². The molecule has 0 unspecified atom stereocenters. The Hall–Kier alpha value is -3.21. The molecule has 41 heavy (non-hydrogen) atoms. The number of sulfonamides is 1. The van der Waals surface area contributed by atoms with E-state index >= 15 is 0 Å². The van der Waals surface area contributed by atoms with Gasteiger partial charge in [-0.3, -0.25) is 9.59 Å². The summed E-state index contributed by atoms with van der Waals surface area (Å²) in [5.74, 6) is -0.357. The quantitative estimate of drug-likeness (QED) is 0.274. The topological polar surface area (TPSA) is 78.0 Å². The van der Waals surface area contributed by atoms with Crippen LogP contribution in [-0.4, -0.2) is 72.3 Å². The molecule has 1 heterocycles. The molecule has 1 fully saturated rings. The highest BCUT2D eigenvalue weighted by atomic mass is 32.2. The zero-order chi connectivity index (χ0) is 29.2. The number of carbonyl (C=O) groups excluding carboxylic acids is 2. The summed E-state index contributed by atoms with van der Waals surface area (Å²) in [6.07, 6.45) is 1.66. The third-order valence-electron chi connectivity index (χ3n) is 7.09. The summed E-state index contributed by atoms with van der Waals surface area (Å²) >= 11 is 1.50. The van der Waals surface area contributed by atoms with E-state index in [1.54, 1.807) is 35.2 Å². The fraction of sp³-hybridized carbons (Fsp3) is 0.355. The summed E-state index contributed by atoms with van der Waals surface area (Å²) in [6, 6.07) is 23.8. The summed E-state index contributed by atoms with van der Waals surface area (Å²) < 4.78 is 42.0. The van der Waals surface area contributed by atoms with Crippen molar-refractivity contribution in [2.45, 2.75) is 48.6 Å². The Balaban J connectivity index is 1.47. The monoisotopic (exact) mass is 597 g/mol. The molecular weight excluding hydrogens is 561 g/mol. The molecule has 0 saturated carbocycles. The van der Waals surface area contributed by atoms with Crippen molar-refractivity contribution in [1.82, 2.24) is 14.1 Å². The number of hydrogen-bond donors (Lipinski definition) is 0. The molecule has 1 aliphatic rings. The van der Waals surface area contributed by atoms with Crippen molar-refractivity contribution < 1.29 is 22.4 Å². The number of rotatable bonds is 12. The Bertz CT molecular complexity index is 1400. The molecule has 0 spiro atoms. The second kappa shape index (κ2) is 14.6. The maximum absolute atomic E-state index is 14.0. The Morgan fingerprint density at radius 1 is 0.951 bits per heavy atom. The van der Waals surface area contributed by atoms with Crippen molar-refractivity contribution in [3.63, 3.8) is 0 Å². The van der Waals surface area contributed by atoms with Gasteiger partial charge in [0.2, 0.25) is 21.8 Å². The molecule has 1 saturated heterocycles. The second-order valence-corrected chi connectivity index (χ2v) is 13.0. The number of hydrogen-bond acceptors (Lipinski definition) is 5. The molecule has 3 aromatic rings. The molecule has 1 aliphatic heterocycles. The first-order valence-electron chi connectivity index (χ1n) is 13.8. The molecule has 0 atom stereocenters. The first kappa shape index (κ1) is 30.7. The molecule has 218 valence electrons. The van der Waals surface area contributed by atoms with Crippen LogP contribution in [0.2, 0.25) is 0 Å². The summed E-state index contributed by atoms with van der Waals surface area (Å²) in [5.41, 5.74) is 0.629. The number of piperidine rings is 1. The van der Waals surface area contributed by atoms with Gasteiger partial charge in [-0.25, -0.2) is 12.8 Å². The number of carbonyl (C=O) groups is 2. The fourth-order valence-electron chi connectivity index (χ4n) is 4.95. The zero-order valence-electron chi connectivity index (χ0n) is 23.2. The minimum Gasteiger partial charge on any atom is -0.342 e. The van der Waals surface area contributed by atoms with Crippen molar-refractivity contribution in [3.8, 4) is 0 Å². The average Bonchev–Trinajstić information content (AvgIpc) is 2.99. The molecule has 0 N–H and O–H groups in total. The number of likely N-dealkylation sites (tertiary alicyclic amines) is 1. The lowest BCUT2D eigenvalue weighted by Gasteiger charge is -2.39. The van der Waals surface area contributed by atoms with E-state index in [1.165, 1.54) is 40.3 Å². The molecular formula is C31H36FN3O4S2. The van der Waals surface area contributed by atoms with Gasteiger partial charge >= 0.3 is 0 Å². The van der Waals surface area contributed by atoms with E-state index in [9.17, 15) is 22.4 Å².